The molecule has 0 atom stereocenters. The van der Waals surface area contributed by atoms with E-state index in [9.17, 15) is 8.78 Å². The maximum absolute atomic E-state index is 13.1. The fourth-order valence-corrected chi connectivity index (χ4v) is 2.10. The van der Waals surface area contributed by atoms with Gasteiger partial charge in [-0.1, -0.05) is 0 Å². The molecule has 0 saturated carbocycles. The SMILES string of the molecule is CC(C)(N)CN1CCc2cc(F)c(F)cc21.Cl. The number of nitrogens with zero attached hydrogens (tertiary/aromatic N) is 1. The number of hydrogen-bond donors (Lipinski definition) is 1. The third kappa shape index (κ3) is 3.07. The second kappa shape index (κ2) is 4.78. The molecule has 1 heterocycles. The lowest BCUT2D eigenvalue weighted by molar-refractivity contribution is 0.503. The molecule has 1 aromatic carbocycles. The molecule has 1 aliphatic heterocycles. The van der Waals surface area contributed by atoms with Crippen LogP contribution in [0.3, 0.4) is 0 Å². The summed E-state index contributed by atoms with van der Waals surface area (Å²) in [5.74, 6) is -1.56. The summed E-state index contributed by atoms with van der Waals surface area (Å²) < 4.78 is 26.2. The first kappa shape index (κ1) is 14.2. The lowest BCUT2D eigenvalue weighted by Crippen LogP contribution is -2.44. The minimum atomic E-state index is -0.791. The Bertz CT molecular complexity index is 416. The third-order valence-electron chi connectivity index (χ3n) is 2.71. The Morgan fingerprint density at radius 2 is 1.88 bits per heavy atom. The van der Waals surface area contributed by atoms with Crippen molar-refractivity contribution in [3.8, 4) is 0 Å². The smallest absolute Gasteiger partial charge is 0.160 e. The summed E-state index contributed by atoms with van der Waals surface area (Å²) in [5.41, 5.74) is 7.23. The molecule has 0 spiro atoms. The number of nitrogens with two attached hydrogens (primary N) is 1. The molecule has 1 aromatic rings. The molecule has 0 amide bonds. The van der Waals surface area contributed by atoms with Crippen molar-refractivity contribution in [3.05, 3.63) is 29.3 Å². The highest BCUT2D eigenvalue weighted by Gasteiger charge is 2.25. The van der Waals surface area contributed by atoms with Crippen molar-refractivity contribution in [1.29, 1.82) is 0 Å². The van der Waals surface area contributed by atoms with Crippen molar-refractivity contribution in [2.45, 2.75) is 25.8 Å². The molecule has 17 heavy (non-hydrogen) atoms. The second-order valence-corrected chi connectivity index (χ2v) is 5.06. The van der Waals surface area contributed by atoms with Crippen molar-refractivity contribution in [2.75, 3.05) is 18.0 Å². The molecule has 96 valence electrons. The van der Waals surface area contributed by atoms with Crippen LogP contribution in [0.4, 0.5) is 14.5 Å². The predicted octanol–water partition coefficient (Wildman–Crippen LogP) is 2.49. The number of rotatable bonds is 2. The largest absolute Gasteiger partial charge is 0.369 e. The molecule has 0 radical (unpaired) electrons. The molecule has 0 unspecified atom stereocenters. The topological polar surface area (TPSA) is 29.3 Å². The number of anilines is 1. The van der Waals surface area contributed by atoms with Crippen LogP contribution in [-0.2, 0) is 6.42 Å². The van der Waals surface area contributed by atoms with Gasteiger partial charge in [-0.25, -0.2) is 8.78 Å². The van der Waals surface area contributed by atoms with Gasteiger partial charge in [-0.15, -0.1) is 12.4 Å². The molecule has 0 aliphatic carbocycles. The molecule has 2 rings (SSSR count). The van der Waals surface area contributed by atoms with Gasteiger partial charge in [0.05, 0.1) is 0 Å². The maximum Gasteiger partial charge on any atom is 0.160 e. The van der Waals surface area contributed by atoms with E-state index in [1.165, 1.54) is 12.1 Å². The molecule has 0 saturated heterocycles. The number of benzene rings is 1. The molecule has 5 heteroatoms. The summed E-state index contributed by atoms with van der Waals surface area (Å²) in [6.07, 6.45) is 0.753. The van der Waals surface area contributed by atoms with Crippen molar-refractivity contribution in [3.63, 3.8) is 0 Å². The summed E-state index contributed by atoms with van der Waals surface area (Å²) >= 11 is 0. The van der Waals surface area contributed by atoms with E-state index in [2.05, 4.69) is 0 Å². The quantitative estimate of drug-likeness (QED) is 0.887. The second-order valence-electron chi connectivity index (χ2n) is 5.06. The van der Waals surface area contributed by atoms with Gasteiger partial charge < -0.3 is 10.6 Å². The van der Waals surface area contributed by atoms with Crippen molar-refractivity contribution in [1.82, 2.24) is 0 Å². The fraction of sp³-hybridized carbons (Fsp3) is 0.500. The highest BCUT2D eigenvalue weighted by Crippen LogP contribution is 2.30. The van der Waals surface area contributed by atoms with E-state index in [0.29, 0.717) is 6.54 Å². The van der Waals surface area contributed by atoms with Gasteiger partial charge in [0.15, 0.2) is 11.6 Å². The number of hydrogen-bond acceptors (Lipinski definition) is 2. The van der Waals surface area contributed by atoms with Crippen LogP contribution >= 0.6 is 12.4 Å². The Morgan fingerprint density at radius 3 is 2.47 bits per heavy atom. The van der Waals surface area contributed by atoms with Crippen molar-refractivity contribution in [2.24, 2.45) is 5.73 Å². The molecular weight excluding hydrogens is 246 g/mol. The molecule has 1 aliphatic rings. The van der Waals surface area contributed by atoms with Gasteiger partial charge >= 0.3 is 0 Å². The van der Waals surface area contributed by atoms with Crippen molar-refractivity contribution >= 4 is 18.1 Å². The van der Waals surface area contributed by atoms with Gasteiger partial charge in [-0.3, -0.25) is 0 Å². The highest BCUT2D eigenvalue weighted by molar-refractivity contribution is 5.85. The Hall–Kier alpha value is -0.870. The molecule has 2 nitrogen and oxygen atoms in total. The first-order valence-corrected chi connectivity index (χ1v) is 5.38. The normalized spacial score (nSPS) is 14.5. The zero-order valence-corrected chi connectivity index (χ0v) is 10.8. The molecule has 0 fully saturated rings. The molecular formula is C12H17ClF2N2. The van der Waals surface area contributed by atoms with Crippen LogP contribution in [0.5, 0.6) is 0 Å². The van der Waals surface area contributed by atoms with Gasteiger partial charge in [-0.2, -0.15) is 0 Å². The van der Waals surface area contributed by atoms with Crippen LogP contribution in [0.25, 0.3) is 0 Å². The third-order valence-corrected chi connectivity index (χ3v) is 2.71. The van der Waals surface area contributed by atoms with Crippen LogP contribution in [0.1, 0.15) is 19.4 Å². The highest BCUT2D eigenvalue weighted by atomic mass is 35.5. The van der Waals surface area contributed by atoms with Gasteiger partial charge in [0, 0.05) is 30.4 Å². The van der Waals surface area contributed by atoms with Crippen LogP contribution < -0.4 is 10.6 Å². The molecule has 0 aromatic heterocycles. The fourth-order valence-electron chi connectivity index (χ4n) is 2.10. The minimum absolute atomic E-state index is 0. The lowest BCUT2D eigenvalue weighted by atomic mass is 10.1. The van der Waals surface area contributed by atoms with E-state index < -0.39 is 11.6 Å². The van der Waals surface area contributed by atoms with Crippen LogP contribution in [0, 0.1) is 11.6 Å². The summed E-state index contributed by atoms with van der Waals surface area (Å²) in [6.45, 7) is 5.26. The van der Waals surface area contributed by atoms with Gasteiger partial charge in [-0.05, 0) is 31.9 Å². The van der Waals surface area contributed by atoms with Gasteiger partial charge in [0.25, 0.3) is 0 Å². The zero-order valence-electron chi connectivity index (χ0n) is 9.96. The summed E-state index contributed by atoms with van der Waals surface area (Å²) in [7, 11) is 0. The zero-order chi connectivity index (χ0) is 11.9. The van der Waals surface area contributed by atoms with E-state index >= 15 is 0 Å². The Morgan fingerprint density at radius 1 is 1.29 bits per heavy atom. The average molecular weight is 263 g/mol. The molecule has 2 N–H and O–H groups in total. The van der Waals surface area contributed by atoms with E-state index in [4.69, 9.17) is 5.73 Å². The first-order chi connectivity index (χ1) is 7.37. The Balaban J connectivity index is 0.00000144. The Kier molecular flexibility index (Phi) is 3.99. The van der Waals surface area contributed by atoms with Crippen LogP contribution in [0.2, 0.25) is 0 Å². The summed E-state index contributed by atoms with van der Waals surface area (Å²) in [4.78, 5) is 2.01. The number of fused-ring (bicyclic) bond motifs is 1. The van der Waals surface area contributed by atoms with Crippen LogP contribution in [0.15, 0.2) is 12.1 Å². The standard InChI is InChI=1S/C12H16F2N2.ClH/c1-12(2,15)7-16-4-3-8-5-9(13)10(14)6-11(8)16;/h5-6H,3-4,7,15H2,1-2H3;1H. The van der Waals surface area contributed by atoms with Crippen molar-refractivity contribution < 1.29 is 8.78 Å². The van der Waals surface area contributed by atoms with Gasteiger partial charge in [0.2, 0.25) is 0 Å². The Labute approximate surface area is 106 Å². The van der Waals surface area contributed by atoms with Gasteiger partial charge in [0.1, 0.15) is 0 Å². The van der Waals surface area contributed by atoms with E-state index in [0.717, 1.165) is 24.2 Å². The summed E-state index contributed by atoms with van der Waals surface area (Å²) in [5, 5.41) is 0. The maximum atomic E-state index is 13.1. The van der Waals surface area contributed by atoms with E-state index in [1.807, 2.05) is 18.7 Å². The minimum Gasteiger partial charge on any atom is -0.369 e. The van der Waals surface area contributed by atoms with Crippen LogP contribution in [-0.4, -0.2) is 18.6 Å². The molecule has 0 bridgehead atoms. The van der Waals surface area contributed by atoms with E-state index in [-0.39, 0.29) is 17.9 Å². The summed E-state index contributed by atoms with van der Waals surface area (Å²) in [6, 6.07) is 2.55. The first-order valence-electron chi connectivity index (χ1n) is 5.38. The predicted molar refractivity (Wildman–Crippen MR) is 67.8 cm³/mol. The number of halogens is 3. The monoisotopic (exact) mass is 262 g/mol. The van der Waals surface area contributed by atoms with E-state index in [1.54, 1.807) is 0 Å². The average Bonchev–Trinajstić information content (AvgIpc) is 2.47. The lowest BCUT2D eigenvalue weighted by Gasteiger charge is -2.28.